The third-order valence-corrected chi connectivity index (χ3v) is 4.39. The van der Waals surface area contributed by atoms with Crippen molar-refractivity contribution in [1.29, 1.82) is 0 Å². The Kier molecular flexibility index (Phi) is 7.19. The molecule has 2 rings (SSSR count). The van der Waals surface area contributed by atoms with Gasteiger partial charge in [0, 0.05) is 35.8 Å². The van der Waals surface area contributed by atoms with E-state index in [9.17, 15) is 9.59 Å². The van der Waals surface area contributed by atoms with Gasteiger partial charge in [-0.25, -0.2) is 0 Å². The van der Waals surface area contributed by atoms with Crippen molar-refractivity contribution < 1.29 is 9.59 Å². The van der Waals surface area contributed by atoms with Crippen molar-refractivity contribution in [2.24, 2.45) is 5.73 Å². The largest absolute Gasteiger partial charge is 0.337 e. The summed E-state index contributed by atoms with van der Waals surface area (Å²) in [4.78, 5) is 25.9. The number of carbonyl (C=O) groups excluding carboxylic acids is 2. The van der Waals surface area contributed by atoms with Crippen LogP contribution in [-0.2, 0) is 4.79 Å². The predicted octanol–water partition coefficient (Wildman–Crippen LogP) is 1.89. The molecule has 0 saturated carbocycles. The van der Waals surface area contributed by atoms with E-state index in [2.05, 4.69) is 5.32 Å². The fourth-order valence-electron chi connectivity index (χ4n) is 2.13. The van der Waals surface area contributed by atoms with E-state index in [0.717, 1.165) is 30.2 Å². The summed E-state index contributed by atoms with van der Waals surface area (Å²) in [7, 11) is 0. The number of aryl methyl sites for hydroxylation is 1. The van der Waals surface area contributed by atoms with Gasteiger partial charge in [-0.05, 0) is 37.6 Å². The second kappa shape index (κ2) is 8.41. The van der Waals surface area contributed by atoms with Crippen LogP contribution in [0.2, 0.25) is 0 Å². The molecule has 1 fully saturated rings. The van der Waals surface area contributed by atoms with Crippen LogP contribution >= 0.6 is 24.2 Å². The fourth-order valence-corrected chi connectivity index (χ4v) is 3.04. The summed E-state index contributed by atoms with van der Waals surface area (Å²) in [5.41, 5.74) is 7.76. The maximum absolute atomic E-state index is 12.4. The molecule has 2 amide bonds. The van der Waals surface area contributed by atoms with E-state index in [1.54, 1.807) is 19.1 Å². The Balaban J connectivity index is 0.00000242. The molecule has 122 valence electrons. The number of halogens is 1. The van der Waals surface area contributed by atoms with E-state index in [-0.39, 0.29) is 24.2 Å². The van der Waals surface area contributed by atoms with Crippen molar-refractivity contribution >= 4 is 41.7 Å². The van der Waals surface area contributed by atoms with Crippen molar-refractivity contribution in [3.8, 4) is 0 Å². The quantitative estimate of drug-likeness (QED) is 0.878. The molecular weight excluding hydrogens is 322 g/mol. The molecule has 1 saturated heterocycles. The summed E-state index contributed by atoms with van der Waals surface area (Å²) in [5, 5.41) is 2.76. The van der Waals surface area contributed by atoms with Gasteiger partial charge in [0.2, 0.25) is 5.91 Å². The first kappa shape index (κ1) is 18.8. The first-order valence-corrected chi connectivity index (χ1v) is 8.18. The lowest BCUT2D eigenvalue weighted by Crippen LogP contribution is -2.38. The number of nitrogens with one attached hydrogen (secondary N) is 1. The normalized spacial score (nSPS) is 15.7. The summed E-state index contributed by atoms with van der Waals surface area (Å²) < 4.78 is 0. The van der Waals surface area contributed by atoms with Gasteiger partial charge in [-0.15, -0.1) is 12.4 Å². The predicted molar refractivity (Wildman–Crippen MR) is 93.9 cm³/mol. The second-order valence-corrected chi connectivity index (χ2v) is 6.44. The molecule has 1 aliphatic heterocycles. The summed E-state index contributed by atoms with van der Waals surface area (Å²) in [6.07, 6.45) is 0. The third kappa shape index (κ3) is 4.63. The number of nitrogens with two attached hydrogens (primary N) is 1. The van der Waals surface area contributed by atoms with Crippen LogP contribution < -0.4 is 11.1 Å². The lowest BCUT2D eigenvalue weighted by Gasteiger charge is -2.26. The number of thioether (sulfide) groups is 1. The molecule has 5 nitrogen and oxygen atoms in total. The Morgan fingerprint density at radius 3 is 2.50 bits per heavy atom. The molecule has 1 aromatic carbocycles. The fraction of sp³-hybridized carbons (Fsp3) is 0.467. The zero-order valence-electron chi connectivity index (χ0n) is 12.8. The highest BCUT2D eigenvalue weighted by atomic mass is 35.5. The van der Waals surface area contributed by atoms with Crippen LogP contribution in [-0.4, -0.2) is 47.4 Å². The standard InChI is InChI=1S/C15H21N3O2S.ClH/c1-10-9-12(15(20)18-5-7-21-8-6-18)3-4-13(10)17-14(19)11(2)16;/h3-4,9,11H,5-8,16H2,1-2H3,(H,17,19);1H/t11-;/m0./s1. The highest BCUT2D eigenvalue weighted by Crippen LogP contribution is 2.19. The third-order valence-electron chi connectivity index (χ3n) is 3.44. The van der Waals surface area contributed by atoms with E-state index < -0.39 is 6.04 Å². The van der Waals surface area contributed by atoms with Crippen molar-refractivity contribution in [1.82, 2.24) is 4.90 Å². The smallest absolute Gasteiger partial charge is 0.253 e. The molecule has 0 unspecified atom stereocenters. The van der Waals surface area contributed by atoms with Gasteiger partial charge in [0.05, 0.1) is 6.04 Å². The Hall–Kier alpha value is -1.24. The molecule has 0 spiro atoms. The lowest BCUT2D eigenvalue weighted by atomic mass is 10.1. The van der Waals surface area contributed by atoms with E-state index >= 15 is 0 Å². The minimum absolute atomic E-state index is 0. The van der Waals surface area contributed by atoms with Gasteiger partial charge in [-0.2, -0.15) is 11.8 Å². The number of rotatable bonds is 3. The minimum Gasteiger partial charge on any atom is -0.337 e. The van der Waals surface area contributed by atoms with Gasteiger partial charge in [0.25, 0.3) is 5.91 Å². The van der Waals surface area contributed by atoms with Gasteiger partial charge in [0.15, 0.2) is 0 Å². The topological polar surface area (TPSA) is 75.4 Å². The Morgan fingerprint density at radius 2 is 1.95 bits per heavy atom. The van der Waals surface area contributed by atoms with Crippen LogP contribution in [0.1, 0.15) is 22.8 Å². The number of benzene rings is 1. The Bertz CT molecular complexity index is 546. The number of anilines is 1. The molecule has 1 aromatic rings. The van der Waals surface area contributed by atoms with Crippen molar-refractivity contribution in [2.45, 2.75) is 19.9 Å². The van der Waals surface area contributed by atoms with Crippen molar-refractivity contribution in [3.63, 3.8) is 0 Å². The SMILES string of the molecule is Cc1cc(C(=O)N2CCSCC2)ccc1NC(=O)[C@H](C)N.Cl. The molecule has 1 aliphatic rings. The average molecular weight is 344 g/mol. The molecule has 1 heterocycles. The van der Waals surface area contributed by atoms with Crippen molar-refractivity contribution in [2.75, 3.05) is 29.9 Å². The average Bonchev–Trinajstić information content (AvgIpc) is 2.49. The van der Waals surface area contributed by atoms with Crippen LogP contribution in [0.25, 0.3) is 0 Å². The molecule has 1 atom stereocenters. The Morgan fingerprint density at radius 1 is 1.32 bits per heavy atom. The van der Waals surface area contributed by atoms with Gasteiger partial charge in [-0.1, -0.05) is 0 Å². The molecule has 0 aliphatic carbocycles. The van der Waals surface area contributed by atoms with E-state index in [1.807, 2.05) is 29.7 Å². The van der Waals surface area contributed by atoms with E-state index in [0.29, 0.717) is 11.3 Å². The highest BCUT2D eigenvalue weighted by Gasteiger charge is 2.19. The summed E-state index contributed by atoms with van der Waals surface area (Å²) in [5.74, 6) is 1.81. The molecule has 22 heavy (non-hydrogen) atoms. The first-order valence-electron chi connectivity index (χ1n) is 7.03. The molecule has 7 heteroatoms. The minimum atomic E-state index is -0.559. The lowest BCUT2D eigenvalue weighted by molar-refractivity contribution is -0.117. The number of hydrogen-bond donors (Lipinski definition) is 2. The van der Waals surface area contributed by atoms with Crippen molar-refractivity contribution in [3.05, 3.63) is 29.3 Å². The Labute approximate surface area is 141 Å². The van der Waals surface area contributed by atoms with E-state index in [4.69, 9.17) is 5.73 Å². The number of amides is 2. The second-order valence-electron chi connectivity index (χ2n) is 5.21. The number of hydrogen-bond acceptors (Lipinski definition) is 4. The van der Waals surface area contributed by atoms with Crippen LogP contribution in [0.3, 0.4) is 0 Å². The van der Waals surface area contributed by atoms with Crippen LogP contribution in [0, 0.1) is 6.92 Å². The van der Waals surface area contributed by atoms with Gasteiger partial charge < -0.3 is 16.0 Å². The van der Waals surface area contributed by atoms with E-state index in [1.165, 1.54) is 0 Å². The zero-order chi connectivity index (χ0) is 15.4. The first-order chi connectivity index (χ1) is 9.99. The zero-order valence-corrected chi connectivity index (χ0v) is 14.4. The molecule has 3 N–H and O–H groups in total. The maximum Gasteiger partial charge on any atom is 0.253 e. The van der Waals surface area contributed by atoms with Crippen LogP contribution in [0.5, 0.6) is 0 Å². The van der Waals surface area contributed by atoms with Gasteiger partial charge in [0.1, 0.15) is 0 Å². The van der Waals surface area contributed by atoms with Crippen LogP contribution in [0.4, 0.5) is 5.69 Å². The monoisotopic (exact) mass is 343 g/mol. The molecule has 0 radical (unpaired) electrons. The van der Waals surface area contributed by atoms with Gasteiger partial charge in [-0.3, -0.25) is 9.59 Å². The summed E-state index contributed by atoms with van der Waals surface area (Å²) >= 11 is 1.87. The molecular formula is C15H22ClN3O2S. The maximum atomic E-state index is 12.4. The molecule has 0 aromatic heterocycles. The molecule has 0 bridgehead atoms. The van der Waals surface area contributed by atoms with Crippen LogP contribution in [0.15, 0.2) is 18.2 Å². The number of nitrogens with zero attached hydrogens (tertiary/aromatic N) is 1. The summed E-state index contributed by atoms with van der Waals surface area (Å²) in [6.45, 7) is 5.11. The highest BCUT2D eigenvalue weighted by molar-refractivity contribution is 7.99. The number of carbonyl (C=O) groups is 2. The summed E-state index contributed by atoms with van der Waals surface area (Å²) in [6, 6.07) is 4.78. The van der Waals surface area contributed by atoms with Gasteiger partial charge >= 0.3 is 0 Å².